The first-order valence-corrected chi connectivity index (χ1v) is 6.46. The molecule has 0 unspecified atom stereocenters. The number of methoxy groups -OCH3 is 2. The third-order valence-electron chi connectivity index (χ3n) is 3.10. The summed E-state index contributed by atoms with van der Waals surface area (Å²) in [6.07, 6.45) is 1.55. The highest BCUT2D eigenvalue weighted by Crippen LogP contribution is 2.34. The van der Waals surface area contributed by atoms with Crippen LogP contribution in [0.25, 0.3) is 0 Å². The van der Waals surface area contributed by atoms with Gasteiger partial charge in [0.25, 0.3) is 0 Å². The molecule has 4 heteroatoms. The van der Waals surface area contributed by atoms with Crippen LogP contribution >= 0.6 is 0 Å². The molecule has 0 aliphatic rings. The lowest BCUT2D eigenvalue weighted by molar-refractivity contribution is -0.137. The Labute approximate surface area is 114 Å². The lowest BCUT2D eigenvalue weighted by atomic mass is 9.93. The quantitative estimate of drug-likeness (QED) is 0.823. The molecule has 0 heterocycles. The number of carbonyl (C=O) groups is 1. The van der Waals surface area contributed by atoms with Crippen molar-refractivity contribution >= 4 is 5.97 Å². The Hall–Kier alpha value is -1.71. The van der Waals surface area contributed by atoms with Crippen molar-refractivity contribution in [2.45, 2.75) is 39.0 Å². The molecule has 0 aliphatic heterocycles. The molecule has 1 rings (SSSR count). The zero-order chi connectivity index (χ0) is 14.4. The average molecular weight is 266 g/mol. The van der Waals surface area contributed by atoms with Gasteiger partial charge in [-0.1, -0.05) is 13.8 Å². The van der Waals surface area contributed by atoms with Crippen molar-refractivity contribution < 1.29 is 19.4 Å². The van der Waals surface area contributed by atoms with Crippen LogP contribution in [0.15, 0.2) is 12.1 Å². The van der Waals surface area contributed by atoms with Crippen molar-refractivity contribution in [3.05, 3.63) is 23.3 Å². The van der Waals surface area contributed by atoms with Gasteiger partial charge in [0.2, 0.25) is 0 Å². The van der Waals surface area contributed by atoms with Crippen LogP contribution in [0.3, 0.4) is 0 Å². The molecule has 1 aromatic rings. The first-order valence-electron chi connectivity index (χ1n) is 6.46. The second kappa shape index (κ2) is 7.02. The Morgan fingerprint density at radius 2 is 1.79 bits per heavy atom. The number of ether oxygens (including phenoxy) is 2. The van der Waals surface area contributed by atoms with Crippen LogP contribution < -0.4 is 9.47 Å². The van der Waals surface area contributed by atoms with E-state index in [1.807, 2.05) is 12.1 Å². The highest BCUT2D eigenvalue weighted by atomic mass is 16.5. The molecule has 0 fully saturated rings. The summed E-state index contributed by atoms with van der Waals surface area (Å²) in [5, 5.41) is 8.71. The zero-order valence-electron chi connectivity index (χ0n) is 12.0. The smallest absolute Gasteiger partial charge is 0.303 e. The van der Waals surface area contributed by atoms with Crippen LogP contribution in [0.2, 0.25) is 0 Å². The van der Waals surface area contributed by atoms with E-state index in [0.717, 1.165) is 12.0 Å². The van der Waals surface area contributed by atoms with Crippen molar-refractivity contribution in [1.29, 1.82) is 0 Å². The minimum Gasteiger partial charge on any atom is -0.493 e. The molecule has 4 nitrogen and oxygen atoms in total. The molecule has 0 saturated heterocycles. The van der Waals surface area contributed by atoms with Crippen molar-refractivity contribution in [3.63, 3.8) is 0 Å². The fourth-order valence-electron chi connectivity index (χ4n) is 2.12. The third-order valence-corrected chi connectivity index (χ3v) is 3.10. The molecular weight excluding hydrogens is 244 g/mol. The van der Waals surface area contributed by atoms with Crippen LogP contribution in [0.4, 0.5) is 0 Å². The summed E-state index contributed by atoms with van der Waals surface area (Å²) in [6.45, 7) is 4.23. The Bertz CT molecular complexity index is 438. The van der Waals surface area contributed by atoms with Gasteiger partial charge in [0.05, 0.1) is 14.2 Å². The van der Waals surface area contributed by atoms with E-state index in [1.165, 1.54) is 5.56 Å². The number of aryl methyl sites for hydroxylation is 1. The summed E-state index contributed by atoms with van der Waals surface area (Å²) in [4.78, 5) is 10.6. The fraction of sp³-hybridized carbons (Fsp3) is 0.533. The lowest BCUT2D eigenvalue weighted by Crippen LogP contribution is -2.02. The summed E-state index contributed by atoms with van der Waals surface area (Å²) in [5.74, 6) is 1.01. The number of benzene rings is 1. The summed E-state index contributed by atoms with van der Waals surface area (Å²) in [5.41, 5.74) is 2.32. The monoisotopic (exact) mass is 266 g/mol. The minimum atomic E-state index is -0.758. The van der Waals surface area contributed by atoms with Crippen molar-refractivity contribution in [2.24, 2.45) is 0 Å². The molecule has 0 spiro atoms. The van der Waals surface area contributed by atoms with E-state index >= 15 is 0 Å². The zero-order valence-corrected chi connectivity index (χ0v) is 12.0. The van der Waals surface area contributed by atoms with E-state index in [4.69, 9.17) is 14.6 Å². The van der Waals surface area contributed by atoms with Gasteiger partial charge in [-0.3, -0.25) is 4.79 Å². The van der Waals surface area contributed by atoms with Gasteiger partial charge in [-0.15, -0.1) is 0 Å². The molecular formula is C15H22O4. The number of hydrogen-bond donors (Lipinski definition) is 1. The molecule has 0 atom stereocenters. The van der Waals surface area contributed by atoms with Gasteiger partial charge in [0.1, 0.15) is 0 Å². The fourth-order valence-corrected chi connectivity index (χ4v) is 2.12. The maximum Gasteiger partial charge on any atom is 0.303 e. The molecule has 1 N–H and O–H groups in total. The van der Waals surface area contributed by atoms with E-state index in [9.17, 15) is 4.79 Å². The summed E-state index contributed by atoms with van der Waals surface area (Å²) >= 11 is 0. The van der Waals surface area contributed by atoms with E-state index in [-0.39, 0.29) is 6.42 Å². The summed E-state index contributed by atoms with van der Waals surface area (Å²) < 4.78 is 10.6. The Morgan fingerprint density at radius 1 is 1.21 bits per heavy atom. The Kier molecular flexibility index (Phi) is 5.67. The van der Waals surface area contributed by atoms with Crippen LogP contribution in [-0.4, -0.2) is 25.3 Å². The number of carboxylic acids is 1. The first-order chi connectivity index (χ1) is 8.99. The first kappa shape index (κ1) is 15.3. The summed E-state index contributed by atoms with van der Waals surface area (Å²) in [7, 11) is 3.22. The standard InChI is InChI=1S/C15H22O4/c1-10(2)12-9-14(19-4)13(18-3)8-11(12)6-5-7-15(16)17/h8-10H,5-7H2,1-4H3,(H,16,17). The van der Waals surface area contributed by atoms with Gasteiger partial charge in [-0.2, -0.15) is 0 Å². The lowest BCUT2D eigenvalue weighted by Gasteiger charge is -2.17. The molecule has 106 valence electrons. The molecule has 0 aliphatic carbocycles. The van der Waals surface area contributed by atoms with E-state index in [1.54, 1.807) is 14.2 Å². The molecule has 0 saturated carbocycles. The third kappa shape index (κ3) is 4.16. The largest absolute Gasteiger partial charge is 0.493 e. The Balaban J connectivity index is 3.02. The van der Waals surface area contributed by atoms with Gasteiger partial charge in [0.15, 0.2) is 11.5 Å². The van der Waals surface area contributed by atoms with Crippen molar-refractivity contribution in [1.82, 2.24) is 0 Å². The highest BCUT2D eigenvalue weighted by molar-refractivity contribution is 5.66. The van der Waals surface area contributed by atoms with Gasteiger partial charge in [-0.05, 0) is 42.0 Å². The number of carboxylic acid groups (broad SMARTS) is 1. The summed E-state index contributed by atoms with van der Waals surface area (Å²) in [6, 6.07) is 3.94. The second-order valence-electron chi connectivity index (χ2n) is 4.81. The van der Waals surface area contributed by atoms with Crippen LogP contribution in [0.5, 0.6) is 11.5 Å². The normalized spacial score (nSPS) is 10.6. The molecule has 19 heavy (non-hydrogen) atoms. The van der Waals surface area contributed by atoms with Gasteiger partial charge >= 0.3 is 5.97 Å². The maximum absolute atomic E-state index is 10.6. The van der Waals surface area contributed by atoms with Crippen molar-refractivity contribution in [3.8, 4) is 11.5 Å². The second-order valence-corrected chi connectivity index (χ2v) is 4.81. The molecule has 1 aromatic carbocycles. The number of aliphatic carboxylic acids is 1. The van der Waals surface area contributed by atoms with E-state index in [2.05, 4.69) is 13.8 Å². The molecule has 0 radical (unpaired) electrons. The van der Waals surface area contributed by atoms with E-state index in [0.29, 0.717) is 23.8 Å². The molecule has 0 bridgehead atoms. The predicted molar refractivity (Wildman–Crippen MR) is 74.2 cm³/mol. The Morgan fingerprint density at radius 3 is 2.26 bits per heavy atom. The van der Waals surface area contributed by atoms with E-state index < -0.39 is 5.97 Å². The van der Waals surface area contributed by atoms with Gasteiger partial charge in [-0.25, -0.2) is 0 Å². The van der Waals surface area contributed by atoms with Gasteiger partial charge in [0, 0.05) is 6.42 Å². The average Bonchev–Trinajstić information content (AvgIpc) is 2.37. The van der Waals surface area contributed by atoms with Crippen LogP contribution in [-0.2, 0) is 11.2 Å². The number of rotatable bonds is 7. The predicted octanol–water partition coefficient (Wildman–Crippen LogP) is 3.23. The maximum atomic E-state index is 10.6. The number of hydrogen-bond acceptors (Lipinski definition) is 3. The topological polar surface area (TPSA) is 55.8 Å². The van der Waals surface area contributed by atoms with Crippen molar-refractivity contribution in [2.75, 3.05) is 14.2 Å². The molecule has 0 aromatic heterocycles. The minimum absolute atomic E-state index is 0.186. The molecule has 0 amide bonds. The van der Waals surface area contributed by atoms with Gasteiger partial charge < -0.3 is 14.6 Å². The highest BCUT2D eigenvalue weighted by Gasteiger charge is 2.13. The van der Waals surface area contributed by atoms with Crippen LogP contribution in [0.1, 0.15) is 43.7 Å². The SMILES string of the molecule is COc1cc(CCCC(=O)O)c(C(C)C)cc1OC. The van der Waals surface area contributed by atoms with Crippen LogP contribution in [0, 0.1) is 0 Å².